The van der Waals surface area contributed by atoms with E-state index in [-0.39, 0.29) is 6.10 Å². The van der Waals surface area contributed by atoms with Gasteiger partial charge in [0, 0.05) is 31.4 Å². The average molecular weight is 316 g/mol. The van der Waals surface area contributed by atoms with Crippen molar-refractivity contribution >= 4 is 0 Å². The summed E-state index contributed by atoms with van der Waals surface area (Å²) in [5.41, 5.74) is 3.35. The van der Waals surface area contributed by atoms with Crippen LogP contribution in [0.3, 0.4) is 0 Å². The van der Waals surface area contributed by atoms with Crippen molar-refractivity contribution < 1.29 is 5.11 Å². The summed E-state index contributed by atoms with van der Waals surface area (Å²) in [5.74, 6) is 0.364. The second-order valence-corrected chi connectivity index (χ2v) is 6.52. The number of nitrogens with one attached hydrogen (secondary N) is 1. The third-order valence-electron chi connectivity index (χ3n) is 3.66. The topological polar surface area (TPSA) is 53.3 Å². The van der Waals surface area contributed by atoms with Crippen molar-refractivity contribution in [2.45, 2.75) is 32.4 Å². The first-order valence-corrected chi connectivity index (χ1v) is 8.14. The summed E-state index contributed by atoms with van der Waals surface area (Å²) in [6.45, 7) is 6.26. The standard InChI is InChI=1S/C18H28N4O/c1-14(2)18-15(10-19-11-17(23)13-21(3)4)12-22(20-18)16-8-6-5-7-9-16/h5-9,12,14,17,19,23H,10-11,13H2,1-4H3/t17-/m1/s1. The molecule has 2 N–H and O–H groups in total. The summed E-state index contributed by atoms with van der Waals surface area (Å²) < 4.78 is 1.93. The number of aromatic nitrogens is 2. The van der Waals surface area contributed by atoms with E-state index in [4.69, 9.17) is 5.10 Å². The van der Waals surface area contributed by atoms with Crippen LogP contribution in [0.25, 0.3) is 5.69 Å². The third kappa shape index (κ3) is 5.16. The molecule has 23 heavy (non-hydrogen) atoms. The molecule has 0 saturated carbocycles. The van der Waals surface area contributed by atoms with Crippen LogP contribution in [0.2, 0.25) is 0 Å². The van der Waals surface area contributed by atoms with Crippen molar-refractivity contribution in [1.82, 2.24) is 20.0 Å². The maximum Gasteiger partial charge on any atom is 0.0791 e. The minimum atomic E-state index is -0.364. The molecule has 1 aromatic heterocycles. The van der Waals surface area contributed by atoms with Crippen LogP contribution in [-0.2, 0) is 6.54 Å². The molecule has 0 amide bonds. The van der Waals surface area contributed by atoms with E-state index in [9.17, 15) is 5.11 Å². The molecule has 0 fully saturated rings. The molecule has 0 spiro atoms. The van der Waals surface area contributed by atoms with Gasteiger partial charge in [0.1, 0.15) is 0 Å². The van der Waals surface area contributed by atoms with Crippen LogP contribution in [-0.4, -0.2) is 53.1 Å². The predicted octanol–water partition coefficient (Wildman–Crippen LogP) is 2.01. The Morgan fingerprint density at radius 3 is 2.52 bits per heavy atom. The number of para-hydroxylation sites is 1. The number of rotatable bonds is 8. The highest BCUT2D eigenvalue weighted by Gasteiger charge is 2.13. The van der Waals surface area contributed by atoms with Gasteiger partial charge in [-0.15, -0.1) is 0 Å². The van der Waals surface area contributed by atoms with E-state index in [2.05, 4.69) is 37.5 Å². The van der Waals surface area contributed by atoms with E-state index in [1.54, 1.807) is 0 Å². The van der Waals surface area contributed by atoms with Gasteiger partial charge in [0.25, 0.3) is 0 Å². The number of hydrogen-bond acceptors (Lipinski definition) is 4. The molecule has 2 aromatic rings. The zero-order valence-electron chi connectivity index (χ0n) is 14.5. The number of likely N-dealkylation sites (N-methyl/N-ethyl adjacent to an activating group) is 1. The van der Waals surface area contributed by atoms with Gasteiger partial charge in [0.2, 0.25) is 0 Å². The van der Waals surface area contributed by atoms with Crippen molar-refractivity contribution in [1.29, 1.82) is 0 Å². The van der Waals surface area contributed by atoms with Crippen LogP contribution in [0.15, 0.2) is 36.5 Å². The molecule has 5 nitrogen and oxygen atoms in total. The fourth-order valence-electron chi connectivity index (χ4n) is 2.62. The number of nitrogens with zero attached hydrogens (tertiary/aromatic N) is 3. The predicted molar refractivity (Wildman–Crippen MR) is 93.9 cm³/mol. The Balaban J connectivity index is 2.04. The summed E-state index contributed by atoms with van der Waals surface area (Å²) in [4.78, 5) is 1.99. The van der Waals surface area contributed by atoms with Crippen LogP contribution in [0, 0.1) is 0 Å². The molecule has 0 unspecified atom stereocenters. The first-order chi connectivity index (χ1) is 11.0. The first kappa shape index (κ1) is 17.7. The minimum absolute atomic E-state index is 0.364. The van der Waals surface area contributed by atoms with Gasteiger partial charge in [0.05, 0.1) is 17.5 Å². The maximum atomic E-state index is 9.93. The summed E-state index contributed by atoms with van der Waals surface area (Å²) in [6, 6.07) is 10.1. The molecule has 0 aliphatic rings. The van der Waals surface area contributed by atoms with E-state index in [0.717, 1.165) is 11.4 Å². The van der Waals surface area contributed by atoms with Crippen LogP contribution in [0.1, 0.15) is 31.0 Å². The van der Waals surface area contributed by atoms with E-state index in [1.807, 2.05) is 41.9 Å². The SMILES string of the molecule is CC(C)c1nn(-c2ccccc2)cc1CNC[C@@H](O)CN(C)C. The van der Waals surface area contributed by atoms with E-state index >= 15 is 0 Å². The minimum Gasteiger partial charge on any atom is -0.390 e. The highest BCUT2D eigenvalue weighted by molar-refractivity contribution is 5.33. The molecule has 5 heteroatoms. The van der Waals surface area contributed by atoms with Crippen molar-refractivity contribution in [2.75, 3.05) is 27.2 Å². The Hall–Kier alpha value is -1.69. The fourth-order valence-corrected chi connectivity index (χ4v) is 2.62. The summed E-state index contributed by atoms with van der Waals surface area (Å²) in [5, 5.41) is 18.0. The highest BCUT2D eigenvalue weighted by atomic mass is 16.3. The summed E-state index contributed by atoms with van der Waals surface area (Å²) in [6.07, 6.45) is 1.72. The van der Waals surface area contributed by atoms with Gasteiger partial charge < -0.3 is 15.3 Å². The summed E-state index contributed by atoms with van der Waals surface area (Å²) in [7, 11) is 3.92. The monoisotopic (exact) mass is 316 g/mol. The van der Waals surface area contributed by atoms with Gasteiger partial charge in [-0.1, -0.05) is 32.0 Å². The molecule has 1 aromatic carbocycles. The lowest BCUT2D eigenvalue weighted by molar-refractivity contribution is 0.134. The number of aliphatic hydroxyl groups excluding tert-OH is 1. The molecule has 0 aliphatic heterocycles. The smallest absolute Gasteiger partial charge is 0.0791 e. The molecular weight excluding hydrogens is 288 g/mol. The molecule has 0 saturated heterocycles. The Kier molecular flexibility index (Phi) is 6.33. The van der Waals surface area contributed by atoms with Gasteiger partial charge >= 0.3 is 0 Å². The lowest BCUT2D eigenvalue weighted by Gasteiger charge is -2.16. The van der Waals surface area contributed by atoms with Crippen molar-refractivity contribution in [3.63, 3.8) is 0 Å². The maximum absolute atomic E-state index is 9.93. The molecule has 1 atom stereocenters. The van der Waals surface area contributed by atoms with Crippen molar-refractivity contribution in [2.24, 2.45) is 0 Å². The zero-order valence-corrected chi connectivity index (χ0v) is 14.5. The second-order valence-electron chi connectivity index (χ2n) is 6.52. The lowest BCUT2D eigenvalue weighted by Crippen LogP contribution is -2.34. The van der Waals surface area contributed by atoms with Crippen molar-refractivity contribution in [3.05, 3.63) is 47.8 Å². The molecule has 1 heterocycles. The largest absolute Gasteiger partial charge is 0.390 e. The van der Waals surface area contributed by atoms with E-state index < -0.39 is 0 Å². The van der Waals surface area contributed by atoms with Crippen molar-refractivity contribution in [3.8, 4) is 5.69 Å². The molecule has 0 bridgehead atoms. The molecule has 0 radical (unpaired) electrons. The fraction of sp³-hybridized carbons (Fsp3) is 0.500. The van der Waals surface area contributed by atoms with Gasteiger partial charge in [-0.3, -0.25) is 0 Å². The highest BCUT2D eigenvalue weighted by Crippen LogP contribution is 2.19. The lowest BCUT2D eigenvalue weighted by atomic mass is 10.1. The Bertz CT molecular complexity index is 592. The quantitative estimate of drug-likeness (QED) is 0.782. The number of aliphatic hydroxyl groups is 1. The van der Waals surface area contributed by atoms with Gasteiger partial charge in [-0.2, -0.15) is 5.10 Å². The van der Waals surface area contributed by atoms with Crippen LogP contribution >= 0.6 is 0 Å². The van der Waals surface area contributed by atoms with E-state index in [1.165, 1.54) is 5.56 Å². The van der Waals surface area contributed by atoms with E-state index in [0.29, 0.717) is 25.6 Å². The number of hydrogen-bond donors (Lipinski definition) is 2. The Labute approximate surface area is 138 Å². The first-order valence-electron chi connectivity index (χ1n) is 8.14. The van der Waals surface area contributed by atoms with Gasteiger partial charge in [0.15, 0.2) is 0 Å². The molecule has 126 valence electrons. The van der Waals surface area contributed by atoms with Gasteiger partial charge in [-0.25, -0.2) is 4.68 Å². The Morgan fingerprint density at radius 2 is 1.91 bits per heavy atom. The average Bonchev–Trinajstić information content (AvgIpc) is 2.92. The third-order valence-corrected chi connectivity index (χ3v) is 3.66. The molecule has 2 rings (SSSR count). The molecular formula is C18H28N4O. The normalized spacial score (nSPS) is 13.0. The second kappa shape index (κ2) is 8.24. The van der Waals surface area contributed by atoms with Crippen LogP contribution in [0.5, 0.6) is 0 Å². The van der Waals surface area contributed by atoms with Gasteiger partial charge in [-0.05, 0) is 32.1 Å². The molecule has 0 aliphatic carbocycles. The van der Waals surface area contributed by atoms with Crippen LogP contribution < -0.4 is 5.32 Å². The Morgan fingerprint density at radius 1 is 1.22 bits per heavy atom. The zero-order chi connectivity index (χ0) is 16.8. The van der Waals surface area contributed by atoms with Crippen LogP contribution in [0.4, 0.5) is 0 Å². The number of benzene rings is 1. The summed E-state index contributed by atoms with van der Waals surface area (Å²) >= 11 is 0.